The van der Waals surface area contributed by atoms with Crippen LogP contribution < -0.4 is 5.32 Å². The monoisotopic (exact) mass is 292 g/mol. The van der Waals surface area contributed by atoms with Crippen LogP contribution in [0.15, 0.2) is 60.8 Å². The first kappa shape index (κ1) is 14.4. The molecule has 0 spiro atoms. The molecule has 3 nitrogen and oxygen atoms in total. The van der Waals surface area contributed by atoms with Crippen molar-refractivity contribution in [1.82, 2.24) is 4.57 Å². The Bertz CT molecular complexity index is 788. The summed E-state index contributed by atoms with van der Waals surface area (Å²) in [5.41, 5.74) is 3.27. The van der Waals surface area contributed by atoms with E-state index in [1.54, 1.807) is 0 Å². The third-order valence-electron chi connectivity index (χ3n) is 3.79. The molecule has 1 N–H and O–H groups in total. The molecule has 112 valence electrons. The number of nitrogens with one attached hydrogen (secondary N) is 1. The van der Waals surface area contributed by atoms with Crippen LogP contribution in [-0.4, -0.2) is 10.5 Å². The van der Waals surface area contributed by atoms with Gasteiger partial charge >= 0.3 is 0 Å². The fourth-order valence-electron chi connectivity index (χ4n) is 2.53. The number of carbonyl (C=O) groups excluding carboxylic acids is 1. The normalized spacial score (nSPS) is 11.0. The lowest BCUT2D eigenvalue weighted by Crippen LogP contribution is -2.17. The zero-order valence-electron chi connectivity index (χ0n) is 12.9. The van der Waals surface area contributed by atoms with Crippen molar-refractivity contribution < 1.29 is 4.79 Å². The molecule has 0 saturated heterocycles. The molecule has 0 fully saturated rings. The summed E-state index contributed by atoms with van der Waals surface area (Å²) >= 11 is 0. The van der Waals surface area contributed by atoms with Crippen LogP contribution in [0.5, 0.6) is 0 Å². The minimum atomic E-state index is -0.0262. The van der Waals surface area contributed by atoms with Gasteiger partial charge in [-0.15, -0.1) is 0 Å². The maximum absolute atomic E-state index is 11.9. The van der Waals surface area contributed by atoms with E-state index in [-0.39, 0.29) is 11.8 Å². The quantitative estimate of drug-likeness (QED) is 0.765. The van der Waals surface area contributed by atoms with Crippen LogP contribution in [0, 0.1) is 5.92 Å². The van der Waals surface area contributed by atoms with E-state index in [2.05, 4.69) is 52.5 Å². The molecule has 0 aliphatic carbocycles. The molecule has 0 aliphatic rings. The van der Waals surface area contributed by atoms with Gasteiger partial charge in [-0.3, -0.25) is 4.79 Å². The Balaban J connectivity index is 1.93. The summed E-state index contributed by atoms with van der Waals surface area (Å²) in [6.45, 7) is 4.62. The van der Waals surface area contributed by atoms with Crippen molar-refractivity contribution in [2.45, 2.75) is 20.4 Å². The second kappa shape index (κ2) is 6.06. The lowest BCUT2D eigenvalue weighted by molar-refractivity contribution is -0.118. The zero-order chi connectivity index (χ0) is 15.5. The summed E-state index contributed by atoms with van der Waals surface area (Å²) in [4.78, 5) is 11.9. The van der Waals surface area contributed by atoms with Crippen LogP contribution in [0.3, 0.4) is 0 Å². The van der Waals surface area contributed by atoms with Gasteiger partial charge in [-0.2, -0.15) is 0 Å². The summed E-state index contributed by atoms with van der Waals surface area (Å²) in [6.07, 6.45) is 2.07. The molecule has 0 aliphatic heterocycles. The van der Waals surface area contributed by atoms with Crippen LogP contribution in [0.25, 0.3) is 10.9 Å². The lowest BCUT2D eigenvalue weighted by Gasteiger charge is -2.10. The zero-order valence-corrected chi connectivity index (χ0v) is 12.9. The third-order valence-corrected chi connectivity index (χ3v) is 3.79. The van der Waals surface area contributed by atoms with Crippen molar-refractivity contribution in [3.63, 3.8) is 0 Å². The predicted octanol–water partition coefficient (Wildman–Crippen LogP) is 4.28. The van der Waals surface area contributed by atoms with Gasteiger partial charge in [-0.25, -0.2) is 0 Å². The van der Waals surface area contributed by atoms with Crippen molar-refractivity contribution >= 4 is 22.5 Å². The van der Waals surface area contributed by atoms with E-state index < -0.39 is 0 Å². The number of carbonyl (C=O) groups is 1. The van der Waals surface area contributed by atoms with Gasteiger partial charge in [0, 0.05) is 24.0 Å². The molecule has 3 rings (SSSR count). The van der Waals surface area contributed by atoms with E-state index in [4.69, 9.17) is 0 Å². The van der Waals surface area contributed by atoms with E-state index in [9.17, 15) is 4.79 Å². The molecule has 3 aromatic rings. The largest absolute Gasteiger partial charge is 0.343 e. The second-order valence-corrected chi connectivity index (χ2v) is 5.81. The topological polar surface area (TPSA) is 34.0 Å². The van der Waals surface area contributed by atoms with E-state index >= 15 is 0 Å². The Kier molecular flexibility index (Phi) is 3.96. The molecule has 1 heterocycles. The second-order valence-electron chi connectivity index (χ2n) is 5.81. The van der Waals surface area contributed by atoms with Crippen LogP contribution in [0.2, 0.25) is 0 Å². The fourth-order valence-corrected chi connectivity index (χ4v) is 2.53. The number of benzene rings is 2. The van der Waals surface area contributed by atoms with Gasteiger partial charge in [0.2, 0.25) is 5.91 Å². The number of aromatic nitrogens is 1. The van der Waals surface area contributed by atoms with Crippen molar-refractivity contribution in [2.24, 2.45) is 5.92 Å². The number of hydrogen-bond acceptors (Lipinski definition) is 1. The van der Waals surface area contributed by atoms with E-state index in [0.29, 0.717) is 0 Å². The number of anilines is 1. The number of nitrogens with zero attached hydrogens (tertiary/aromatic N) is 1. The smallest absolute Gasteiger partial charge is 0.226 e. The molecule has 1 aromatic heterocycles. The van der Waals surface area contributed by atoms with Gasteiger partial charge in [-0.05, 0) is 23.8 Å². The average molecular weight is 292 g/mol. The molecule has 0 bridgehead atoms. The predicted molar refractivity (Wildman–Crippen MR) is 90.9 cm³/mol. The number of rotatable bonds is 4. The van der Waals surface area contributed by atoms with Crippen molar-refractivity contribution in [1.29, 1.82) is 0 Å². The maximum atomic E-state index is 11.9. The number of amides is 1. The molecule has 0 saturated carbocycles. The molecule has 3 heteroatoms. The van der Waals surface area contributed by atoms with Gasteiger partial charge in [0.05, 0.1) is 11.2 Å². The van der Waals surface area contributed by atoms with Gasteiger partial charge in [0.1, 0.15) is 0 Å². The molecule has 2 aromatic carbocycles. The maximum Gasteiger partial charge on any atom is 0.226 e. The first-order valence-electron chi connectivity index (χ1n) is 7.58. The Labute approximate surface area is 130 Å². The highest BCUT2D eigenvalue weighted by molar-refractivity contribution is 6.02. The van der Waals surface area contributed by atoms with Crippen molar-refractivity contribution in [3.05, 3.63) is 66.4 Å². The molecular formula is C19H20N2O. The fraction of sp³-hybridized carbons (Fsp3) is 0.211. The van der Waals surface area contributed by atoms with Gasteiger partial charge in [0.15, 0.2) is 0 Å². The summed E-state index contributed by atoms with van der Waals surface area (Å²) in [5, 5.41) is 4.09. The summed E-state index contributed by atoms with van der Waals surface area (Å²) in [7, 11) is 0. The lowest BCUT2D eigenvalue weighted by atomic mass is 10.1. The first-order valence-corrected chi connectivity index (χ1v) is 7.58. The van der Waals surface area contributed by atoms with Crippen LogP contribution in [0.1, 0.15) is 19.4 Å². The van der Waals surface area contributed by atoms with Crippen molar-refractivity contribution in [3.8, 4) is 0 Å². The van der Waals surface area contributed by atoms with Crippen LogP contribution >= 0.6 is 0 Å². The SMILES string of the molecule is CC(C)C(=O)Nc1cccc2c1ccn2Cc1ccccc1. The summed E-state index contributed by atoms with van der Waals surface area (Å²) in [5.74, 6) is 0.0185. The minimum Gasteiger partial charge on any atom is -0.343 e. The highest BCUT2D eigenvalue weighted by atomic mass is 16.1. The average Bonchev–Trinajstić information content (AvgIpc) is 2.92. The minimum absolute atomic E-state index is 0.0262. The highest BCUT2D eigenvalue weighted by Gasteiger charge is 2.11. The van der Waals surface area contributed by atoms with Gasteiger partial charge in [-0.1, -0.05) is 50.2 Å². The van der Waals surface area contributed by atoms with Crippen LogP contribution in [0.4, 0.5) is 5.69 Å². The number of hydrogen-bond donors (Lipinski definition) is 1. The van der Waals surface area contributed by atoms with Crippen molar-refractivity contribution in [2.75, 3.05) is 5.32 Å². The molecule has 0 unspecified atom stereocenters. The van der Waals surface area contributed by atoms with E-state index in [1.165, 1.54) is 5.56 Å². The summed E-state index contributed by atoms with van der Waals surface area (Å²) in [6, 6.07) is 18.5. The van der Waals surface area contributed by atoms with Gasteiger partial charge < -0.3 is 9.88 Å². The van der Waals surface area contributed by atoms with E-state index in [1.807, 2.05) is 32.0 Å². The Morgan fingerprint density at radius 3 is 2.55 bits per heavy atom. The standard InChI is InChI=1S/C19H20N2O/c1-14(2)19(22)20-17-9-6-10-18-16(17)11-12-21(18)13-15-7-4-3-5-8-15/h3-12,14H,13H2,1-2H3,(H,20,22). The summed E-state index contributed by atoms with van der Waals surface area (Å²) < 4.78 is 2.20. The molecule has 22 heavy (non-hydrogen) atoms. The first-order chi connectivity index (χ1) is 10.6. The molecule has 1 amide bonds. The van der Waals surface area contributed by atoms with E-state index in [0.717, 1.165) is 23.1 Å². The van der Waals surface area contributed by atoms with Crippen LogP contribution in [-0.2, 0) is 11.3 Å². The molecular weight excluding hydrogens is 272 g/mol. The highest BCUT2D eigenvalue weighted by Crippen LogP contribution is 2.25. The van der Waals surface area contributed by atoms with Gasteiger partial charge in [0.25, 0.3) is 0 Å². The Hall–Kier alpha value is -2.55. The Morgan fingerprint density at radius 2 is 1.82 bits per heavy atom. The Morgan fingerprint density at radius 1 is 1.05 bits per heavy atom. The molecule has 0 radical (unpaired) electrons. The number of fused-ring (bicyclic) bond motifs is 1. The third kappa shape index (κ3) is 2.89. The molecule has 0 atom stereocenters.